The molecule has 1 aliphatic carbocycles. The zero-order valence-corrected chi connectivity index (χ0v) is 16.7. The smallest absolute Gasteiger partial charge is 0.416 e. The van der Waals surface area contributed by atoms with E-state index in [2.05, 4.69) is 0 Å². The Bertz CT molecular complexity index is 878. The Morgan fingerprint density at radius 1 is 1.07 bits per heavy atom. The van der Waals surface area contributed by atoms with Gasteiger partial charge in [0.25, 0.3) is 5.91 Å². The summed E-state index contributed by atoms with van der Waals surface area (Å²) in [4.78, 5) is 26.2. The minimum Gasteiger partial charge on any atom is -0.447 e. The van der Waals surface area contributed by atoms with E-state index >= 15 is 0 Å². The van der Waals surface area contributed by atoms with Crippen LogP contribution in [0.2, 0.25) is 0 Å². The minimum absolute atomic E-state index is 0.182. The van der Waals surface area contributed by atoms with Crippen molar-refractivity contribution >= 4 is 22.0 Å². The number of carbonyl (C=O) groups is 2. The Kier molecular flexibility index (Phi) is 5.39. The van der Waals surface area contributed by atoms with Gasteiger partial charge in [-0.1, -0.05) is 6.07 Å². The Hall–Kier alpha value is -1.97. The molecule has 4 rings (SSSR count). The molecule has 1 N–H and O–H groups in total. The molecule has 0 bridgehead atoms. The summed E-state index contributed by atoms with van der Waals surface area (Å²) in [5.41, 5.74) is 2.41. The third-order valence-corrected chi connectivity index (χ3v) is 7.74. The SMILES string of the molecule is O=C(C[NH+]1CCN(S(=O)(=O)c2ccc3c(c2)CCCC3)CC1)N1CCOC1=O. The standard InChI is InChI=1S/C19H25N3O5S/c23-18(22-11-12-27-19(22)24)14-20-7-9-21(10-8-20)28(25,26)17-6-5-15-3-1-2-4-16(15)13-17/h5-6,13H,1-4,7-12,14H2/p+1. The summed E-state index contributed by atoms with van der Waals surface area (Å²) in [6.07, 6.45) is 3.65. The highest BCUT2D eigenvalue weighted by molar-refractivity contribution is 7.89. The van der Waals surface area contributed by atoms with Crippen LogP contribution in [0.5, 0.6) is 0 Å². The molecule has 2 amide bonds. The van der Waals surface area contributed by atoms with Crippen LogP contribution in [0.1, 0.15) is 24.0 Å². The molecule has 2 heterocycles. The Balaban J connectivity index is 1.37. The number of amides is 2. The van der Waals surface area contributed by atoms with E-state index < -0.39 is 16.1 Å². The number of quaternary nitrogens is 1. The summed E-state index contributed by atoms with van der Waals surface area (Å²) in [5, 5.41) is 0. The first-order valence-corrected chi connectivity index (χ1v) is 11.3. The summed E-state index contributed by atoms with van der Waals surface area (Å²) in [5.74, 6) is -0.261. The van der Waals surface area contributed by atoms with Crippen LogP contribution in [0.25, 0.3) is 0 Å². The van der Waals surface area contributed by atoms with Crippen LogP contribution in [-0.4, -0.2) is 75.5 Å². The van der Waals surface area contributed by atoms with Gasteiger partial charge >= 0.3 is 6.09 Å². The molecule has 8 nitrogen and oxygen atoms in total. The van der Waals surface area contributed by atoms with E-state index in [1.807, 2.05) is 12.1 Å². The molecule has 2 fully saturated rings. The molecule has 0 spiro atoms. The fourth-order valence-corrected chi connectivity index (χ4v) is 5.66. The normalized spacial score (nSPS) is 21.4. The van der Waals surface area contributed by atoms with Crippen LogP contribution in [0.4, 0.5) is 4.79 Å². The number of fused-ring (bicyclic) bond motifs is 1. The second-order valence-electron chi connectivity index (χ2n) is 7.63. The number of imide groups is 1. The summed E-state index contributed by atoms with van der Waals surface area (Å²) >= 11 is 0. The number of carbonyl (C=O) groups excluding carboxylic acids is 2. The van der Waals surface area contributed by atoms with Gasteiger partial charge in [0, 0.05) is 0 Å². The summed E-state index contributed by atoms with van der Waals surface area (Å²) in [6.45, 7) is 2.54. The zero-order chi connectivity index (χ0) is 19.7. The maximum atomic E-state index is 13.0. The van der Waals surface area contributed by atoms with Crippen molar-refractivity contribution in [3.8, 4) is 0 Å². The fourth-order valence-electron chi connectivity index (χ4n) is 4.17. The van der Waals surface area contributed by atoms with Crippen molar-refractivity contribution in [2.24, 2.45) is 0 Å². The molecule has 2 saturated heterocycles. The molecule has 9 heteroatoms. The topological polar surface area (TPSA) is 88.4 Å². The van der Waals surface area contributed by atoms with Gasteiger partial charge in [0.15, 0.2) is 6.54 Å². The number of hydrogen-bond acceptors (Lipinski definition) is 5. The first-order valence-electron chi connectivity index (χ1n) is 9.88. The van der Waals surface area contributed by atoms with Crippen LogP contribution < -0.4 is 4.90 Å². The van der Waals surface area contributed by atoms with Crippen molar-refractivity contribution < 1.29 is 27.6 Å². The molecule has 1 aromatic rings. The Morgan fingerprint density at radius 2 is 1.79 bits per heavy atom. The van der Waals surface area contributed by atoms with Gasteiger partial charge in [0.1, 0.15) is 6.61 Å². The summed E-state index contributed by atoms with van der Waals surface area (Å²) in [6, 6.07) is 5.52. The lowest BCUT2D eigenvalue weighted by Gasteiger charge is -2.31. The van der Waals surface area contributed by atoms with Gasteiger partial charge < -0.3 is 9.64 Å². The molecular formula is C19H26N3O5S+. The zero-order valence-electron chi connectivity index (χ0n) is 15.9. The average Bonchev–Trinajstić information content (AvgIpc) is 3.14. The lowest BCUT2D eigenvalue weighted by atomic mass is 9.92. The number of ether oxygens (including phenoxy) is 1. The van der Waals surface area contributed by atoms with Crippen LogP contribution >= 0.6 is 0 Å². The second kappa shape index (κ2) is 7.81. The Labute approximate surface area is 165 Å². The van der Waals surface area contributed by atoms with E-state index in [1.165, 1.54) is 9.87 Å². The third-order valence-electron chi connectivity index (χ3n) is 5.85. The minimum atomic E-state index is -3.52. The molecular weight excluding hydrogens is 382 g/mol. The van der Waals surface area contributed by atoms with Crippen molar-refractivity contribution in [2.45, 2.75) is 30.6 Å². The van der Waals surface area contributed by atoms with E-state index in [1.54, 1.807) is 6.07 Å². The molecule has 1 aromatic carbocycles. The second-order valence-corrected chi connectivity index (χ2v) is 9.57. The number of benzene rings is 1. The molecule has 0 aromatic heterocycles. The van der Waals surface area contributed by atoms with Gasteiger partial charge in [-0.05, 0) is 48.9 Å². The van der Waals surface area contributed by atoms with Crippen LogP contribution in [0.15, 0.2) is 23.1 Å². The fraction of sp³-hybridized carbons (Fsp3) is 0.579. The van der Waals surface area contributed by atoms with Crippen molar-refractivity contribution in [1.82, 2.24) is 9.21 Å². The number of cyclic esters (lactones) is 1. The number of aryl methyl sites for hydroxylation is 2. The van der Waals surface area contributed by atoms with Crippen molar-refractivity contribution in [3.05, 3.63) is 29.3 Å². The van der Waals surface area contributed by atoms with Crippen LogP contribution in [0.3, 0.4) is 0 Å². The number of piperazine rings is 1. The van der Waals surface area contributed by atoms with Gasteiger partial charge in [0.2, 0.25) is 10.0 Å². The van der Waals surface area contributed by atoms with E-state index in [4.69, 9.17) is 4.74 Å². The molecule has 2 aliphatic heterocycles. The number of nitrogens with zero attached hydrogens (tertiary/aromatic N) is 2. The molecule has 152 valence electrons. The van der Waals surface area contributed by atoms with E-state index in [-0.39, 0.29) is 19.1 Å². The summed E-state index contributed by atoms with van der Waals surface area (Å²) in [7, 11) is -3.52. The van der Waals surface area contributed by atoms with Gasteiger partial charge in [-0.15, -0.1) is 0 Å². The monoisotopic (exact) mass is 408 g/mol. The number of rotatable bonds is 4. The number of nitrogens with one attached hydrogen (secondary N) is 1. The first-order chi connectivity index (χ1) is 13.4. The molecule has 0 radical (unpaired) electrons. The average molecular weight is 409 g/mol. The third kappa shape index (κ3) is 3.78. The van der Waals surface area contributed by atoms with Gasteiger partial charge in [-0.2, -0.15) is 4.31 Å². The van der Waals surface area contributed by atoms with Gasteiger partial charge in [0.05, 0.1) is 37.6 Å². The first kappa shape index (κ1) is 19.4. The highest BCUT2D eigenvalue weighted by Gasteiger charge is 2.35. The molecule has 3 aliphatic rings. The predicted octanol–water partition coefficient (Wildman–Crippen LogP) is -0.567. The quantitative estimate of drug-likeness (QED) is 0.721. The summed E-state index contributed by atoms with van der Waals surface area (Å²) < 4.78 is 32.4. The lowest BCUT2D eigenvalue weighted by Crippen LogP contribution is -3.15. The van der Waals surface area contributed by atoms with Gasteiger partial charge in [-0.25, -0.2) is 18.1 Å². The molecule has 28 heavy (non-hydrogen) atoms. The number of hydrogen-bond donors (Lipinski definition) is 1. The van der Waals surface area contributed by atoms with Crippen molar-refractivity contribution in [1.29, 1.82) is 0 Å². The van der Waals surface area contributed by atoms with E-state index in [0.717, 1.165) is 41.0 Å². The molecule has 0 atom stereocenters. The van der Waals surface area contributed by atoms with Gasteiger partial charge in [-0.3, -0.25) is 4.79 Å². The van der Waals surface area contributed by atoms with E-state index in [0.29, 0.717) is 37.6 Å². The van der Waals surface area contributed by atoms with Crippen molar-refractivity contribution in [3.63, 3.8) is 0 Å². The lowest BCUT2D eigenvalue weighted by molar-refractivity contribution is -0.895. The highest BCUT2D eigenvalue weighted by Crippen LogP contribution is 2.25. The molecule has 0 unspecified atom stereocenters. The Morgan fingerprint density at radius 3 is 2.46 bits per heavy atom. The van der Waals surface area contributed by atoms with Crippen molar-refractivity contribution in [2.75, 3.05) is 45.9 Å². The predicted molar refractivity (Wildman–Crippen MR) is 100 cm³/mol. The molecule has 0 saturated carbocycles. The van der Waals surface area contributed by atoms with Crippen LogP contribution in [0, 0.1) is 0 Å². The number of sulfonamides is 1. The highest BCUT2D eigenvalue weighted by atomic mass is 32.2. The largest absolute Gasteiger partial charge is 0.447 e. The van der Waals surface area contributed by atoms with E-state index in [9.17, 15) is 18.0 Å². The maximum absolute atomic E-state index is 13.0. The maximum Gasteiger partial charge on any atom is 0.416 e. The van der Waals surface area contributed by atoms with Crippen LogP contribution in [-0.2, 0) is 32.4 Å².